The molecule has 0 spiro atoms. The van der Waals surface area contributed by atoms with Crippen molar-refractivity contribution in [3.05, 3.63) is 29.3 Å². The quantitative estimate of drug-likeness (QED) is 0.807. The molecule has 0 radical (unpaired) electrons. The molecule has 1 aromatic carbocycles. The smallest absolute Gasteiger partial charge is 0.115 e. The van der Waals surface area contributed by atoms with E-state index in [4.69, 9.17) is 0 Å². The molecule has 0 aromatic heterocycles. The number of phenolic OH excluding ortho intramolecular Hbond substituents is 1. The lowest BCUT2D eigenvalue weighted by Gasteiger charge is -2.58. The summed E-state index contributed by atoms with van der Waals surface area (Å²) >= 11 is 0. The molecular weight excluding hydrogens is 272 g/mol. The van der Waals surface area contributed by atoms with E-state index in [-0.39, 0.29) is 11.5 Å². The van der Waals surface area contributed by atoms with Crippen LogP contribution in [0.15, 0.2) is 18.2 Å². The molecule has 0 bridgehead atoms. The van der Waals surface area contributed by atoms with Gasteiger partial charge < -0.3 is 10.2 Å². The van der Waals surface area contributed by atoms with Crippen LogP contribution < -0.4 is 0 Å². The van der Waals surface area contributed by atoms with Crippen LogP contribution in [0, 0.1) is 16.7 Å². The molecule has 0 aliphatic heterocycles. The Morgan fingerprint density at radius 2 is 2.00 bits per heavy atom. The first kappa shape index (κ1) is 14.6. The van der Waals surface area contributed by atoms with Crippen molar-refractivity contribution < 1.29 is 10.2 Å². The van der Waals surface area contributed by atoms with E-state index in [1.165, 1.54) is 36.8 Å². The Morgan fingerprint density at radius 1 is 1.18 bits per heavy atom. The summed E-state index contributed by atoms with van der Waals surface area (Å²) in [4.78, 5) is 0. The Kier molecular flexibility index (Phi) is 3.14. The van der Waals surface area contributed by atoms with Crippen LogP contribution in [0.25, 0.3) is 0 Å². The predicted octanol–water partition coefficient (Wildman–Crippen LogP) is 4.39. The van der Waals surface area contributed by atoms with Gasteiger partial charge in [0.1, 0.15) is 5.75 Å². The topological polar surface area (TPSA) is 40.5 Å². The average Bonchev–Trinajstić information content (AvgIpc) is 2.82. The van der Waals surface area contributed by atoms with E-state index < -0.39 is 0 Å². The van der Waals surface area contributed by atoms with Crippen molar-refractivity contribution in [1.82, 2.24) is 0 Å². The van der Waals surface area contributed by atoms with Gasteiger partial charge in [0, 0.05) is 0 Å². The van der Waals surface area contributed by atoms with E-state index >= 15 is 0 Å². The van der Waals surface area contributed by atoms with Crippen molar-refractivity contribution in [3.8, 4) is 5.75 Å². The minimum absolute atomic E-state index is 0.108. The molecule has 2 fully saturated rings. The Labute approximate surface area is 133 Å². The molecule has 1 aromatic rings. The largest absolute Gasteiger partial charge is 0.508 e. The second-order valence-electron chi connectivity index (χ2n) is 8.21. The molecule has 2 N–H and O–H groups in total. The number of aliphatic hydroxyl groups is 1. The molecule has 22 heavy (non-hydrogen) atoms. The van der Waals surface area contributed by atoms with E-state index in [0.717, 1.165) is 19.3 Å². The van der Waals surface area contributed by atoms with Gasteiger partial charge in [0.15, 0.2) is 0 Å². The maximum absolute atomic E-state index is 10.6. The van der Waals surface area contributed by atoms with Gasteiger partial charge in [-0.25, -0.2) is 0 Å². The highest BCUT2D eigenvalue weighted by Crippen LogP contribution is 2.68. The molecule has 4 rings (SSSR count). The SMILES string of the molecule is CC[C@@]12CCc3cc(O)ccc3C1CC[C@@]1(C)C2CC[C@@H]1O. The van der Waals surface area contributed by atoms with E-state index in [0.29, 0.717) is 23.0 Å². The van der Waals surface area contributed by atoms with Crippen LogP contribution in [0.4, 0.5) is 0 Å². The van der Waals surface area contributed by atoms with E-state index in [9.17, 15) is 10.2 Å². The molecule has 2 nitrogen and oxygen atoms in total. The normalized spacial score (nSPS) is 43.3. The fourth-order valence-electron chi connectivity index (χ4n) is 6.49. The van der Waals surface area contributed by atoms with Gasteiger partial charge in [-0.3, -0.25) is 0 Å². The number of phenols is 1. The first-order valence-corrected chi connectivity index (χ1v) is 9.01. The minimum Gasteiger partial charge on any atom is -0.508 e. The van der Waals surface area contributed by atoms with Crippen LogP contribution >= 0.6 is 0 Å². The highest BCUT2D eigenvalue weighted by molar-refractivity contribution is 5.41. The molecule has 120 valence electrons. The Bertz CT molecular complexity index is 595. The third-order valence-corrected chi connectivity index (χ3v) is 7.67. The monoisotopic (exact) mass is 300 g/mol. The lowest BCUT2D eigenvalue weighted by atomic mass is 9.46. The minimum atomic E-state index is -0.108. The second kappa shape index (κ2) is 4.74. The second-order valence-corrected chi connectivity index (χ2v) is 8.21. The number of benzene rings is 1. The summed E-state index contributed by atoms with van der Waals surface area (Å²) in [6.45, 7) is 4.70. The fraction of sp³-hybridized carbons (Fsp3) is 0.700. The number of aryl methyl sites for hydroxylation is 1. The van der Waals surface area contributed by atoms with Crippen LogP contribution in [0.2, 0.25) is 0 Å². The summed E-state index contributed by atoms with van der Waals surface area (Å²) in [5.41, 5.74) is 3.32. The maximum atomic E-state index is 10.6. The maximum Gasteiger partial charge on any atom is 0.115 e. The number of aromatic hydroxyl groups is 1. The van der Waals surface area contributed by atoms with Gasteiger partial charge in [-0.2, -0.15) is 0 Å². The highest BCUT2D eigenvalue weighted by Gasteiger charge is 2.60. The first-order chi connectivity index (χ1) is 10.5. The van der Waals surface area contributed by atoms with Crippen molar-refractivity contribution in [1.29, 1.82) is 0 Å². The van der Waals surface area contributed by atoms with E-state index in [2.05, 4.69) is 19.9 Å². The predicted molar refractivity (Wildman–Crippen MR) is 88.0 cm³/mol. The van der Waals surface area contributed by atoms with Crippen LogP contribution in [0.5, 0.6) is 5.75 Å². The van der Waals surface area contributed by atoms with Crippen molar-refractivity contribution >= 4 is 0 Å². The van der Waals surface area contributed by atoms with Gasteiger partial charge in [0.2, 0.25) is 0 Å². The average molecular weight is 300 g/mol. The van der Waals surface area contributed by atoms with Crippen LogP contribution in [-0.2, 0) is 6.42 Å². The first-order valence-electron chi connectivity index (χ1n) is 9.01. The third-order valence-electron chi connectivity index (χ3n) is 7.67. The van der Waals surface area contributed by atoms with Crippen molar-refractivity contribution in [2.45, 2.75) is 70.8 Å². The van der Waals surface area contributed by atoms with Crippen LogP contribution in [0.1, 0.15) is 69.4 Å². The number of rotatable bonds is 1. The van der Waals surface area contributed by atoms with Crippen molar-refractivity contribution in [3.63, 3.8) is 0 Å². The van der Waals surface area contributed by atoms with Gasteiger partial charge in [-0.15, -0.1) is 0 Å². The number of hydrogen-bond donors (Lipinski definition) is 2. The number of aliphatic hydroxyl groups excluding tert-OH is 1. The molecule has 2 heteroatoms. The molecule has 0 amide bonds. The van der Waals surface area contributed by atoms with Gasteiger partial charge in [-0.05, 0) is 90.9 Å². The number of hydrogen-bond acceptors (Lipinski definition) is 2. The fourth-order valence-corrected chi connectivity index (χ4v) is 6.49. The zero-order chi connectivity index (χ0) is 15.5. The lowest BCUT2D eigenvalue weighted by molar-refractivity contribution is -0.0775. The molecule has 0 heterocycles. The Hall–Kier alpha value is -1.02. The summed E-state index contributed by atoms with van der Waals surface area (Å²) in [7, 11) is 0. The van der Waals surface area contributed by atoms with Gasteiger partial charge in [-0.1, -0.05) is 19.9 Å². The zero-order valence-electron chi connectivity index (χ0n) is 13.8. The standard InChI is InChI=1S/C20H28O2/c1-3-20-11-8-13-12-14(21)4-5-15(13)16(20)9-10-19(2)17(20)6-7-18(19)22/h4-5,12,16-18,21-22H,3,6-11H2,1-2H3/t16?,17?,18-,19-,20+/m0/s1. The molecule has 5 atom stereocenters. The van der Waals surface area contributed by atoms with Gasteiger partial charge >= 0.3 is 0 Å². The summed E-state index contributed by atoms with van der Waals surface area (Å²) in [5.74, 6) is 1.67. The Balaban J connectivity index is 1.81. The van der Waals surface area contributed by atoms with Gasteiger partial charge in [0.25, 0.3) is 0 Å². The third kappa shape index (κ3) is 1.71. The summed E-state index contributed by atoms with van der Waals surface area (Å²) in [5, 5.41) is 20.4. The van der Waals surface area contributed by atoms with E-state index in [1.807, 2.05) is 12.1 Å². The summed E-state index contributed by atoms with van der Waals surface area (Å²) in [6, 6.07) is 6.01. The van der Waals surface area contributed by atoms with Crippen molar-refractivity contribution in [2.75, 3.05) is 0 Å². The van der Waals surface area contributed by atoms with Gasteiger partial charge in [0.05, 0.1) is 6.10 Å². The lowest BCUT2D eigenvalue weighted by Crippen LogP contribution is -2.51. The van der Waals surface area contributed by atoms with Crippen LogP contribution in [-0.4, -0.2) is 16.3 Å². The van der Waals surface area contributed by atoms with Crippen LogP contribution in [0.3, 0.4) is 0 Å². The summed E-state index contributed by atoms with van der Waals surface area (Å²) in [6.07, 6.45) is 7.91. The number of fused-ring (bicyclic) bond motifs is 5. The molecule has 0 saturated heterocycles. The molecule has 2 unspecified atom stereocenters. The molecule has 3 aliphatic carbocycles. The summed E-state index contributed by atoms with van der Waals surface area (Å²) < 4.78 is 0. The van der Waals surface area contributed by atoms with E-state index in [1.54, 1.807) is 0 Å². The van der Waals surface area contributed by atoms with Crippen molar-refractivity contribution in [2.24, 2.45) is 16.7 Å². The molecule has 3 aliphatic rings. The Morgan fingerprint density at radius 3 is 2.77 bits per heavy atom. The molecule has 2 saturated carbocycles. The molecular formula is C20H28O2. The highest BCUT2D eigenvalue weighted by atomic mass is 16.3. The zero-order valence-corrected chi connectivity index (χ0v) is 13.8.